The van der Waals surface area contributed by atoms with Crippen LogP contribution in [0.1, 0.15) is 37.6 Å². The van der Waals surface area contributed by atoms with E-state index in [4.69, 9.17) is 0 Å². The smallest absolute Gasteiger partial charge is 0.247 e. The van der Waals surface area contributed by atoms with Crippen molar-refractivity contribution >= 4 is 10.0 Å². The van der Waals surface area contributed by atoms with Crippen molar-refractivity contribution in [2.75, 3.05) is 0 Å². The molecule has 3 rings (SSSR count). The highest BCUT2D eigenvalue weighted by atomic mass is 32.2. The average molecular weight is 295 g/mol. The van der Waals surface area contributed by atoms with E-state index < -0.39 is 10.0 Å². The van der Waals surface area contributed by atoms with Crippen molar-refractivity contribution in [3.63, 3.8) is 0 Å². The average Bonchev–Trinajstić information content (AvgIpc) is 2.84. The molecule has 0 radical (unpaired) electrons. The van der Waals surface area contributed by atoms with Gasteiger partial charge in [-0.1, -0.05) is 12.2 Å². The summed E-state index contributed by atoms with van der Waals surface area (Å²) in [6, 6.07) is 0.154. The highest BCUT2D eigenvalue weighted by molar-refractivity contribution is 7.89. The molecule has 0 aromatic carbocycles. The fraction of sp³-hybridized carbons (Fsp3) is 0.643. The molecule has 1 aromatic rings. The molecule has 0 amide bonds. The van der Waals surface area contributed by atoms with Crippen molar-refractivity contribution in [1.82, 2.24) is 14.1 Å². The molecule has 6 heteroatoms. The van der Waals surface area contributed by atoms with Crippen LogP contribution in [0.15, 0.2) is 17.0 Å². The fourth-order valence-corrected chi connectivity index (χ4v) is 5.75. The molecule has 2 aliphatic rings. The molecule has 2 atom stereocenters. The lowest BCUT2D eigenvalue weighted by Gasteiger charge is -2.30. The zero-order chi connectivity index (χ0) is 14.5. The van der Waals surface area contributed by atoms with Gasteiger partial charge in [-0.2, -0.15) is 9.40 Å². The third kappa shape index (κ3) is 1.85. The molecule has 3 heterocycles. The van der Waals surface area contributed by atoms with Gasteiger partial charge >= 0.3 is 0 Å². The maximum atomic E-state index is 13.1. The Hall–Kier alpha value is -1.14. The minimum Gasteiger partial charge on any atom is -0.268 e. The summed E-state index contributed by atoms with van der Waals surface area (Å²) < 4.78 is 29.6. The molecule has 110 valence electrons. The van der Waals surface area contributed by atoms with Crippen LogP contribution in [0.2, 0.25) is 0 Å². The summed E-state index contributed by atoms with van der Waals surface area (Å²) in [5, 5.41) is 4.35. The highest BCUT2D eigenvalue weighted by Crippen LogP contribution is 2.37. The third-order valence-electron chi connectivity index (χ3n) is 4.40. The number of aryl methyl sites for hydroxylation is 2. The predicted molar refractivity (Wildman–Crippen MR) is 77.0 cm³/mol. The van der Waals surface area contributed by atoms with E-state index in [9.17, 15) is 8.42 Å². The molecule has 1 aromatic heterocycles. The molecule has 0 aliphatic carbocycles. The second-order valence-electron chi connectivity index (χ2n) is 5.61. The van der Waals surface area contributed by atoms with Gasteiger partial charge in [0.25, 0.3) is 0 Å². The summed E-state index contributed by atoms with van der Waals surface area (Å²) in [5.74, 6) is 0. The van der Waals surface area contributed by atoms with Crippen LogP contribution >= 0.6 is 0 Å². The van der Waals surface area contributed by atoms with E-state index in [2.05, 4.69) is 11.2 Å². The Morgan fingerprint density at radius 1 is 1.35 bits per heavy atom. The van der Waals surface area contributed by atoms with E-state index in [-0.39, 0.29) is 12.1 Å². The van der Waals surface area contributed by atoms with E-state index in [1.165, 1.54) is 0 Å². The molecule has 2 unspecified atom stereocenters. The van der Waals surface area contributed by atoms with Crippen molar-refractivity contribution in [3.05, 3.63) is 23.5 Å². The van der Waals surface area contributed by atoms with Gasteiger partial charge in [-0.25, -0.2) is 8.42 Å². The Morgan fingerprint density at radius 2 is 2.10 bits per heavy atom. The molecule has 2 aliphatic heterocycles. The van der Waals surface area contributed by atoms with Gasteiger partial charge in [0.05, 0.1) is 11.4 Å². The molecule has 0 N–H and O–H groups in total. The summed E-state index contributed by atoms with van der Waals surface area (Å²) in [6.07, 6.45) is 6.87. The van der Waals surface area contributed by atoms with Crippen LogP contribution < -0.4 is 0 Å². The first-order valence-electron chi connectivity index (χ1n) is 7.21. The third-order valence-corrected chi connectivity index (χ3v) is 6.63. The minimum atomic E-state index is -3.45. The molecule has 2 bridgehead atoms. The van der Waals surface area contributed by atoms with Gasteiger partial charge in [0.1, 0.15) is 4.90 Å². The van der Waals surface area contributed by atoms with Gasteiger partial charge in [-0.15, -0.1) is 0 Å². The minimum absolute atomic E-state index is 0.0301. The van der Waals surface area contributed by atoms with E-state index >= 15 is 0 Å². The van der Waals surface area contributed by atoms with E-state index in [1.807, 2.05) is 19.9 Å². The second-order valence-corrected chi connectivity index (χ2v) is 7.39. The van der Waals surface area contributed by atoms with Crippen molar-refractivity contribution in [2.24, 2.45) is 0 Å². The summed E-state index contributed by atoms with van der Waals surface area (Å²) in [7, 11) is -3.45. The van der Waals surface area contributed by atoms with Crippen LogP contribution in [0, 0.1) is 13.8 Å². The Labute approximate surface area is 120 Å². The van der Waals surface area contributed by atoms with Crippen LogP contribution in [-0.2, 0) is 16.6 Å². The summed E-state index contributed by atoms with van der Waals surface area (Å²) in [5.41, 5.74) is 1.36. The zero-order valence-corrected chi connectivity index (χ0v) is 13.0. The normalized spacial score (nSPS) is 26.4. The zero-order valence-electron chi connectivity index (χ0n) is 12.2. The number of fused-ring (bicyclic) bond motifs is 2. The molecular weight excluding hydrogens is 274 g/mol. The van der Waals surface area contributed by atoms with Crippen LogP contribution in [0.4, 0.5) is 0 Å². The molecule has 0 saturated carbocycles. The second kappa shape index (κ2) is 4.70. The maximum Gasteiger partial charge on any atom is 0.247 e. The lowest BCUT2D eigenvalue weighted by atomic mass is 10.2. The maximum absolute atomic E-state index is 13.1. The van der Waals surface area contributed by atoms with E-state index in [1.54, 1.807) is 15.9 Å². The Balaban J connectivity index is 2.10. The van der Waals surface area contributed by atoms with Crippen molar-refractivity contribution in [1.29, 1.82) is 0 Å². The molecular formula is C14H21N3O2S. The first-order chi connectivity index (χ1) is 9.46. The number of rotatable bonds is 3. The van der Waals surface area contributed by atoms with Crippen LogP contribution in [-0.4, -0.2) is 34.6 Å². The van der Waals surface area contributed by atoms with Gasteiger partial charge in [0, 0.05) is 18.6 Å². The Morgan fingerprint density at radius 3 is 2.70 bits per heavy atom. The predicted octanol–water partition coefficient (Wildman–Crippen LogP) is 2.00. The Bertz CT molecular complexity index is 660. The van der Waals surface area contributed by atoms with Crippen LogP contribution in [0.5, 0.6) is 0 Å². The monoisotopic (exact) mass is 295 g/mol. The summed E-state index contributed by atoms with van der Waals surface area (Å²) in [6.45, 7) is 6.30. The summed E-state index contributed by atoms with van der Waals surface area (Å²) >= 11 is 0. The quantitative estimate of drug-likeness (QED) is 0.801. The summed E-state index contributed by atoms with van der Waals surface area (Å²) in [4.78, 5) is 0.409. The fourth-order valence-electron chi connectivity index (χ4n) is 3.53. The molecule has 1 fully saturated rings. The SMILES string of the molecule is CCn1nc(C)c(S(=O)(=O)N2C3C=CCC2CC3)c1C. The molecule has 1 saturated heterocycles. The van der Waals surface area contributed by atoms with Crippen LogP contribution in [0.25, 0.3) is 0 Å². The number of sulfonamides is 1. The molecule has 20 heavy (non-hydrogen) atoms. The van der Waals surface area contributed by atoms with Crippen molar-refractivity contribution in [2.45, 2.75) is 63.6 Å². The molecule has 0 spiro atoms. The lowest BCUT2D eigenvalue weighted by molar-refractivity contribution is 0.340. The lowest BCUT2D eigenvalue weighted by Crippen LogP contribution is -2.42. The molecule has 5 nitrogen and oxygen atoms in total. The van der Waals surface area contributed by atoms with Crippen LogP contribution in [0.3, 0.4) is 0 Å². The van der Waals surface area contributed by atoms with Gasteiger partial charge in [0.15, 0.2) is 0 Å². The first-order valence-corrected chi connectivity index (χ1v) is 8.65. The number of hydrogen-bond acceptors (Lipinski definition) is 3. The Kier molecular flexibility index (Phi) is 3.25. The van der Waals surface area contributed by atoms with Gasteiger partial charge in [-0.3, -0.25) is 4.68 Å². The largest absolute Gasteiger partial charge is 0.268 e. The topological polar surface area (TPSA) is 55.2 Å². The van der Waals surface area contributed by atoms with Crippen molar-refractivity contribution in [3.8, 4) is 0 Å². The van der Waals surface area contributed by atoms with Gasteiger partial charge < -0.3 is 0 Å². The highest BCUT2D eigenvalue weighted by Gasteiger charge is 2.44. The van der Waals surface area contributed by atoms with Gasteiger partial charge in [-0.05, 0) is 40.0 Å². The van der Waals surface area contributed by atoms with E-state index in [0.29, 0.717) is 17.1 Å². The van der Waals surface area contributed by atoms with Crippen molar-refractivity contribution < 1.29 is 8.42 Å². The number of hydrogen-bond donors (Lipinski definition) is 0. The van der Waals surface area contributed by atoms with E-state index in [0.717, 1.165) is 25.0 Å². The first kappa shape index (κ1) is 13.8. The number of aromatic nitrogens is 2. The van der Waals surface area contributed by atoms with Gasteiger partial charge in [0.2, 0.25) is 10.0 Å². The standard InChI is InChI=1S/C14H21N3O2S/c1-4-16-11(3)14(10(2)15-16)20(18,19)17-12-6-5-7-13(17)9-8-12/h5-6,12-13H,4,7-9H2,1-3H3. The number of nitrogens with zero attached hydrogens (tertiary/aromatic N) is 3.